The Morgan fingerprint density at radius 3 is 2.86 bits per heavy atom. The molecule has 1 aromatic carbocycles. The van der Waals surface area contributed by atoms with Gasteiger partial charge in [-0.05, 0) is 11.6 Å². The lowest BCUT2D eigenvalue weighted by atomic mass is 10.1. The Morgan fingerprint density at radius 1 is 1.43 bits per heavy atom. The first-order chi connectivity index (χ1) is 6.75. The number of amides is 1. The van der Waals surface area contributed by atoms with Gasteiger partial charge in [0, 0.05) is 11.4 Å². The van der Waals surface area contributed by atoms with E-state index in [0.717, 1.165) is 5.56 Å². The van der Waals surface area contributed by atoms with Gasteiger partial charge in [0.25, 0.3) is 0 Å². The summed E-state index contributed by atoms with van der Waals surface area (Å²) in [5.74, 6) is 0.648. The highest BCUT2D eigenvalue weighted by Gasteiger charge is 2.13. The van der Waals surface area contributed by atoms with Crippen LogP contribution in [0.25, 0.3) is 0 Å². The Bertz CT molecular complexity index is 401. The van der Waals surface area contributed by atoms with Gasteiger partial charge in [-0.3, -0.25) is 9.79 Å². The van der Waals surface area contributed by atoms with Crippen molar-refractivity contribution in [2.75, 3.05) is 6.54 Å². The van der Waals surface area contributed by atoms with E-state index in [4.69, 9.17) is 11.6 Å². The zero-order valence-electron chi connectivity index (χ0n) is 7.46. The van der Waals surface area contributed by atoms with Crippen molar-refractivity contribution in [3.05, 3.63) is 34.9 Å². The van der Waals surface area contributed by atoms with E-state index in [-0.39, 0.29) is 12.5 Å². The molecule has 0 aromatic heterocycles. The highest BCUT2D eigenvalue weighted by molar-refractivity contribution is 6.31. The van der Waals surface area contributed by atoms with Crippen LogP contribution in [0, 0.1) is 0 Å². The number of halogens is 1. The van der Waals surface area contributed by atoms with E-state index in [9.17, 15) is 4.79 Å². The molecule has 1 N–H and O–H groups in total. The number of rotatable bonds is 2. The number of benzene rings is 1. The van der Waals surface area contributed by atoms with Crippen LogP contribution in [0.15, 0.2) is 29.3 Å². The highest BCUT2D eigenvalue weighted by atomic mass is 35.5. The third-order valence-corrected chi connectivity index (χ3v) is 2.38. The number of nitrogens with one attached hydrogen (secondary N) is 1. The van der Waals surface area contributed by atoms with Crippen LogP contribution in [0.4, 0.5) is 0 Å². The number of hydrogen-bond donors (Lipinski definition) is 1. The minimum atomic E-state index is -0.0490. The van der Waals surface area contributed by atoms with Crippen LogP contribution in [0.5, 0.6) is 0 Å². The highest BCUT2D eigenvalue weighted by Crippen LogP contribution is 2.15. The maximum absolute atomic E-state index is 10.9. The molecule has 1 heterocycles. The summed E-state index contributed by atoms with van der Waals surface area (Å²) in [4.78, 5) is 14.9. The van der Waals surface area contributed by atoms with Crippen LogP contribution in [-0.4, -0.2) is 18.3 Å². The molecule has 1 amide bonds. The monoisotopic (exact) mass is 208 g/mol. The minimum Gasteiger partial charge on any atom is -0.313 e. The molecule has 72 valence electrons. The first kappa shape index (κ1) is 9.21. The zero-order valence-corrected chi connectivity index (χ0v) is 8.21. The van der Waals surface area contributed by atoms with E-state index >= 15 is 0 Å². The largest absolute Gasteiger partial charge is 0.313 e. The van der Waals surface area contributed by atoms with Gasteiger partial charge in [-0.1, -0.05) is 29.8 Å². The molecule has 0 unspecified atom stereocenters. The van der Waals surface area contributed by atoms with Gasteiger partial charge < -0.3 is 5.32 Å². The second-order valence-electron chi connectivity index (χ2n) is 3.08. The van der Waals surface area contributed by atoms with Crippen molar-refractivity contribution in [1.29, 1.82) is 0 Å². The van der Waals surface area contributed by atoms with Crippen LogP contribution < -0.4 is 5.32 Å². The lowest BCUT2D eigenvalue weighted by molar-refractivity contribution is -0.117. The molecular formula is C10H9ClN2O. The van der Waals surface area contributed by atoms with E-state index in [1.165, 1.54) is 0 Å². The van der Waals surface area contributed by atoms with Gasteiger partial charge in [0.05, 0.1) is 0 Å². The molecule has 14 heavy (non-hydrogen) atoms. The van der Waals surface area contributed by atoms with Crippen LogP contribution >= 0.6 is 11.6 Å². The second-order valence-corrected chi connectivity index (χ2v) is 3.49. The lowest BCUT2D eigenvalue weighted by Gasteiger charge is -2.03. The second kappa shape index (κ2) is 3.80. The topological polar surface area (TPSA) is 41.5 Å². The molecule has 0 atom stereocenters. The average Bonchev–Trinajstić information content (AvgIpc) is 2.56. The summed E-state index contributed by atoms with van der Waals surface area (Å²) in [6.07, 6.45) is 0.589. The Hall–Kier alpha value is -1.35. The number of aliphatic imine (C=N–C) groups is 1. The third-order valence-electron chi connectivity index (χ3n) is 2.01. The maximum Gasteiger partial charge on any atom is 0.247 e. The molecule has 1 aliphatic heterocycles. The summed E-state index contributed by atoms with van der Waals surface area (Å²) in [5, 5.41) is 3.39. The van der Waals surface area contributed by atoms with Gasteiger partial charge in [-0.25, -0.2) is 0 Å². The molecule has 4 heteroatoms. The molecular weight excluding hydrogens is 200 g/mol. The van der Waals surface area contributed by atoms with Crippen molar-refractivity contribution < 1.29 is 4.79 Å². The van der Waals surface area contributed by atoms with Crippen LogP contribution in [0.2, 0.25) is 5.02 Å². The van der Waals surface area contributed by atoms with Crippen molar-refractivity contribution in [3.8, 4) is 0 Å². The average molecular weight is 209 g/mol. The fourth-order valence-electron chi connectivity index (χ4n) is 1.33. The SMILES string of the molecule is O=C1CN=C(Cc2ccccc2Cl)N1. The number of carbonyl (C=O) groups is 1. The Kier molecular flexibility index (Phi) is 2.50. The molecule has 0 saturated heterocycles. The quantitative estimate of drug-likeness (QED) is 0.785. The van der Waals surface area contributed by atoms with Crippen molar-refractivity contribution in [2.45, 2.75) is 6.42 Å². The van der Waals surface area contributed by atoms with Gasteiger partial charge in [0.2, 0.25) is 5.91 Å². The molecule has 2 rings (SSSR count). The summed E-state index contributed by atoms with van der Waals surface area (Å²) in [6, 6.07) is 7.54. The maximum atomic E-state index is 10.9. The summed E-state index contributed by atoms with van der Waals surface area (Å²) in [5.41, 5.74) is 0.982. The van der Waals surface area contributed by atoms with Crippen molar-refractivity contribution in [3.63, 3.8) is 0 Å². The zero-order chi connectivity index (χ0) is 9.97. The van der Waals surface area contributed by atoms with Gasteiger partial charge in [0.15, 0.2) is 0 Å². The Labute approximate surface area is 86.8 Å². The normalized spacial score (nSPS) is 15.2. The Balaban J connectivity index is 2.12. The van der Waals surface area contributed by atoms with E-state index in [0.29, 0.717) is 17.3 Å². The van der Waals surface area contributed by atoms with Gasteiger partial charge >= 0.3 is 0 Å². The molecule has 0 radical (unpaired) electrons. The molecule has 1 aromatic rings. The van der Waals surface area contributed by atoms with E-state index < -0.39 is 0 Å². The predicted octanol–water partition coefficient (Wildman–Crippen LogP) is 1.41. The van der Waals surface area contributed by atoms with Crippen LogP contribution in [-0.2, 0) is 11.2 Å². The standard InChI is InChI=1S/C10H9ClN2O/c11-8-4-2-1-3-7(8)5-9-12-6-10(14)13-9/h1-4H,5-6H2,(H,12,13,14). The summed E-state index contributed by atoms with van der Waals surface area (Å²) in [6.45, 7) is 0.236. The van der Waals surface area contributed by atoms with Crippen LogP contribution in [0.3, 0.4) is 0 Å². The van der Waals surface area contributed by atoms with Crippen molar-refractivity contribution >= 4 is 23.3 Å². The summed E-state index contributed by atoms with van der Waals surface area (Å²) < 4.78 is 0. The molecule has 0 saturated carbocycles. The first-order valence-electron chi connectivity index (χ1n) is 4.32. The van der Waals surface area contributed by atoms with Gasteiger partial charge in [-0.2, -0.15) is 0 Å². The Morgan fingerprint density at radius 2 is 2.21 bits per heavy atom. The third kappa shape index (κ3) is 1.93. The number of hydrogen-bond acceptors (Lipinski definition) is 2. The molecule has 1 aliphatic rings. The number of amidine groups is 1. The smallest absolute Gasteiger partial charge is 0.247 e. The predicted molar refractivity (Wildman–Crippen MR) is 55.6 cm³/mol. The minimum absolute atomic E-state index is 0.0490. The summed E-state index contributed by atoms with van der Waals surface area (Å²) >= 11 is 5.97. The van der Waals surface area contributed by atoms with E-state index in [2.05, 4.69) is 10.3 Å². The molecule has 0 bridgehead atoms. The number of carbonyl (C=O) groups excluding carboxylic acids is 1. The lowest BCUT2D eigenvalue weighted by Crippen LogP contribution is -2.26. The molecule has 0 fully saturated rings. The molecule has 3 nitrogen and oxygen atoms in total. The van der Waals surface area contributed by atoms with Gasteiger partial charge in [0.1, 0.15) is 12.4 Å². The fraction of sp³-hybridized carbons (Fsp3) is 0.200. The molecule has 0 aliphatic carbocycles. The van der Waals surface area contributed by atoms with E-state index in [1.807, 2.05) is 24.3 Å². The fourth-order valence-corrected chi connectivity index (χ4v) is 1.53. The van der Waals surface area contributed by atoms with Crippen LogP contribution in [0.1, 0.15) is 5.56 Å². The van der Waals surface area contributed by atoms with Crippen molar-refractivity contribution in [1.82, 2.24) is 5.32 Å². The summed E-state index contributed by atoms with van der Waals surface area (Å²) in [7, 11) is 0. The molecule has 0 spiro atoms. The first-order valence-corrected chi connectivity index (χ1v) is 4.70. The number of nitrogens with zero attached hydrogens (tertiary/aromatic N) is 1. The van der Waals surface area contributed by atoms with Gasteiger partial charge in [-0.15, -0.1) is 0 Å². The van der Waals surface area contributed by atoms with E-state index in [1.54, 1.807) is 0 Å². The van der Waals surface area contributed by atoms with Crippen molar-refractivity contribution in [2.24, 2.45) is 4.99 Å².